The van der Waals surface area contributed by atoms with E-state index in [0.717, 1.165) is 26.1 Å². The molecule has 1 saturated heterocycles. The molecule has 0 saturated carbocycles. The van der Waals surface area contributed by atoms with Gasteiger partial charge in [-0.15, -0.1) is 0 Å². The number of carbonyl (C=O) groups excluding carboxylic acids is 2. The molecule has 5 rings (SSSR count). The number of amides is 2. The van der Waals surface area contributed by atoms with Gasteiger partial charge in [-0.05, 0) is 74.8 Å². The molecule has 3 heterocycles. The zero-order valence-corrected chi connectivity index (χ0v) is 25.1. The summed E-state index contributed by atoms with van der Waals surface area (Å²) in [6.45, 7) is 3.85. The number of pyridine rings is 2. The SMILES string of the molecule is COc1cc2c(Oc3ncc(N(C(=O)CC(N)=O)c4ccc(F)cc4)cc3Cl)ccnc2cc1OCCCN1CCCCC1. The Morgan fingerprint density at radius 3 is 2.48 bits per heavy atom. The number of benzene rings is 2. The van der Waals surface area contributed by atoms with Gasteiger partial charge >= 0.3 is 0 Å². The van der Waals surface area contributed by atoms with Crippen molar-refractivity contribution in [3.05, 3.63) is 71.8 Å². The number of methoxy groups -OCH3 is 1. The minimum Gasteiger partial charge on any atom is -0.493 e. The first kappa shape index (κ1) is 31.0. The van der Waals surface area contributed by atoms with Crippen LogP contribution in [-0.2, 0) is 9.59 Å². The third-order valence-corrected chi connectivity index (χ3v) is 7.50. The number of hydrogen-bond donors (Lipinski definition) is 1. The monoisotopic (exact) mass is 621 g/mol. The Balaban J connectivity index is 1.35. The van der Waals surface area contributed by atoms with Crippen molar-refractivity contribution in [1.82, 2.24) is 14.9 Å². The van der Waals surface area contributed by atoms with Gasteiger partial charge < -0.3 is 24.8 Å². The smallest absolute Gasteiger partial charge is 0.241 e. The fourth-order valence-electron chi connectivity index (χ4n) is 5.12. The molecular weight excluding hydrogens is 589 g/mol. The molecule has 12 heteroatoms. The van der Waals surface area contributed by atoms with Crippen LogP contribution >= 0.6 is 11.6 Å². The molecule has 0 atom stereocenters. The van der Waals surface area contributed by atoms with E-state index in [9.17, 15) is 14.0 Å². The zero-order chi connectivity index (χ0) is 31.1. The van der Waals surface area contributed by atoms with E-state index in [1.165, 1.54) is 60.7 Å². The number of halogens is 2. The van der Waals surface area contributed by atoms with Crippen LogP contribution in [0.15, 0.2) is 60.9 Å². The fraction of sp³-hybridized carbons (Fsp3) is 0.312. The summed E-state index contributed by atoms with van der Waals surface area (Å²) in [4.78, 5) is 36.9. The van der Waals surface area contributed by atoms with Crippen molar-refractivity contribution >= 4 is 45.7 Å². The van der Waals surface area contributed by atoms with Gasteiger partial charge in [-0.1, -0.05) is 18.0 Å². The van der Waals surface area contributed by atoms with Crippen LogP contribution in [0.1, 0.15) is 32.1 Å². The van der Waals surface area contributed by atoms with Crippen LogP contribution in [0.4, 0.5) is 15.8 Å². The van der Waals surface area contributed by atoms with Crippen molar-refractivity contribution in [1.29, 1.82) is 0 Å². The summed E-state index contributed by atoms with van der Waals surface area (Å²) in [5.74, 6) is -0.312. The number of nitrogens with zero attached hydrogens (tertiary/aromatic N) is 4. The fourth-order valence-corrected chi connectivity index (χ4v) is 5.31. The number of rotatable bonds is 12. The van der Waals surface area contributed by atoms with Gasteiger partial charge in [0, 0.05) is 29.9 Å². The molecule has 0 aliphatic carbocycles. The average molecular weight is 622 g/mol. The molecule has 2 aromatic carbocycles. The molecule has 0 unspecified atom stereocenters. The van der Waals surface area contributed by atoms with Crippen LogP contribution < -0.4 is 24.8 Å². The summed E-state index contributed by atoms with van der Waals surface area (Å²) >= 11 is 6.57. The number of carbonyl (C=O) groups is 2. The summed E-state index contributed by atoms with van der Waals surface area (Å²) in [6, 6.07) is 11.9. The molecular formula is C32H33ClFN5O5. The second-order valence-corrected chi connectivity index (χ2v) is 10.8. The number of ether oxygens (including phenoxy) is 3. The quantitative estimate of drug-likeness (QED) is 0.151. The molecule has 1 aliphatic heterocycles. The molecule has 4 aromatic rings. The Bertz CT molecular complexity index is 1630. The molecule has 0 spiro atoms. The van der Waals surface area contributed by atoms with Gasteiger partial charge in [0.2, 0.25) is 17.7 Å². The predicted octanol–water partition coefficient (Wildman–Crippen LogP) is 6.02. The topological polar surface area (TPSA) is 120 Å². The Kier molecular flexibility index (Phi) is 10.1. The lowest BCUT2D eigenvalue weighted by molar-refractivity contribution is -0.125. The highest BCUT2D eigenvalue weighted by Crippen LogP contribution is 2.39. The first-order valence-electron chi connectivity index (χ1n) is 14.3. The van der Waals surface area contributed by atoms with Gasteiger partial charge in [0.15, 0.2) is 11.5 Å². The molecule has 0 radical (unpaired) electrons. The number of anilines is 2. The van der Waals surface area contributed by atoms with Gasteiger partial charge in [-0.25, -0.2) is 9.37 Å². The summed E-state index contributed by atoms with van der Waals surface area (Å²) in [7, 11) is 1.57. The lowest BCUT2D eigenvalue weighted by Gasteiger charge is -2.26. The Morgan fingerprint density at radius 1 is 1.00 bits per heavy atom. The van der Waals surface area contributed by atoms with Gasteiger partial charge in [0.05, 0.1) is 31.1 Å². The summed E-state index contributed by atoms with van der Waals surface area (Å²) in [5.41, 5.74) is 6.43. The number of fused-ring (bicyclic) bond motifs is 1. The Morgan fingerprint density at radius 2 is 1.77 bits per heavy atom. The Labute approximate surface area is 259 Å². The second-order valence-electron chi connectivity index (χ2n) is 10.4. The van der Waals surface area contributed by atoms with E-state index in [0.29, 0.717) is 40.4 Å². The number of hydrogen-bond acceptors (Lipinski definition) is 8. The van der Waals surface area contributed by atoms with Crippen LogP contribution in [0.2, 0.25) is 5.02 Å². The van der Waals surface area contributed by atoms with Gasteiger partial charge in [0.1, 0.15) is 23.0 Å². The zero-order valence-electron chi connectivity index (χ0n) is 24.3. The summed E-state index contributed by atoms with van der Waals surface area (Å²) in [6.07, 6.45) is 7.13. The van der Waals surface area contributed by atoms with Crippen molar-refractivity contribution < 1.29 is 28.2 Å². The molecule has 44 heavy (non-hydrogen) atoms. The highest BCUT2D eigenvalue weighted by Gasteiger charge is 2.22. The summed E-state index contributed by atoms with van der Waals surface area (Å²) in [5, 5.41) is 0.739. The van der Waals surface area contributed by atoms with Crippen LogP contribution in [0.3, 0.4) is 0 Å². The third kappa shape index (κ3) is 7.53. The van der Waals surface area contributed by atoms with E-state index in [-0.39, 0.29) is 16.6 Å². The van der Waals surface area contributed by atoms with E-state index >= 15 is 0 Å². The van der Waals surface area contributed by atoms with Crippen LogP contribution in [0.25, 0.3) is 10.9 Å². The number of aromatic nitrogens is 2. The first-order valence-corrected chi connectivity index (χ1v) is 14.7. The van der Waals surface area contributed by atoms with Gasteiger partial charge in [0.25, 0.3) is 0 Å². The number of likely N-dealkylation sites (tertiary alicyclic amines) is 1. The standard InChI is InChI=1S/C32H33ClFN5O5/c1-42-28-17-24-26(18-29(28)43-15-5-14-38-12-3-2-4-13-38)36-11-10-27(24)44-32-25(33)16-23(20-37-32)39(31(41)19-30(35)40)22-8-6-21(34)7-9-22/h6-11,16-18,20H,2-5,12-15,19H2,1H3,(H2,35,40). The van der Waals surface area contributed by atoms with E-state index in [1.807, 2.05) is 6.07 Å². The maximum Gasteiger partial charge on any atom is 0.241 e. The highest BCUT2D eigenvalue weighted by atomic mass is 35.5. The molecule has 0 bridgehead atoms. The highest BCUT2D eigenvalue weighted by molar-refractivity contribution is 6.32. The van der Waals surface area contributed by atoms with Gasteiger partial charge in [-0.3, -0.25) is 19.5 Å². The maximum atomic E-state index is 13.6. The minimum atomic E-state index is -0.813. The maximum absolute atomic E-state index is 13.6. The van der Waals surface area contributed by atoms with E-state index < -0.39 is 24.1 Å². The van der Waals surface area contributed by atoms with Crippen LogP contribution in [0.5, 0.6) is 23.1 Å². The minimum absolute atomic E-state index is 0.0707. The van der Waals surface area contributed by atoms with E-state index in [4.69, 9.17) is 31.5 Å². The molecule has 2 N–H and O–H groups in total. The number of nitrogens with two attached hydrogens (primary N) is 1. The largest absolute Gasteiger partial charge is 0.493 e. The predicted molar refractivity (Wildman–Crippen MR) is 165 cm³/mol. The van der Waals surface area contributed by atoms with Gasteiger partial charge in [-0.2, -0.15) is 0 Å². The molecule has 10 nitrogen and oxygen atoms in total. The first-order chi connectivity index (χ1) is 21.3. The van der Waals surface area contributed by atoms with E-state index in [1.54, 1.807) is 25.4 Å². The van der Waals surface area contributed by atoms with Crippen molar-refractivity contribution in [3.8, 4) is 23.1 Å². The average Bonchev–Trinajstić information content (AvgIpc) is 3.01. The van der Waals surface area contributed by atoms with Crippen LogP contribution in [-0.4, -0.2) is 60.0 Å². The lowest BCUT2D eigenvalue weighted by atomic mass is 10.1. The van der Waals surface area contributed by atoms with Crippen molar-refractivity contribution in [2.75, 3.05) is 38.3 Å². The van der Waals surface area contributed by atoms with Crippen molar-refractivity contribution in [3.63, 3.8) is 0 Å². The molecule has 1 fully saturated rings. The summed E-state index contributed by atoms with van der Waals surface area (Å²) < 4.78 is 31.3. The Hall–Kier alpha value is -4.48. The molecule has 2 aromatic heterocycles. The van der Waals surface area contributed by atoms with Crippen LogP contribution in [0, 0.1) is 5.82 Å². The molecule has 230 valence electrons. The second kappa shape index (κ2) is 14.3. The van der Waals surface area contributed by atoms with E-state index in [2.05, 4.69) is 14.9 Å². The number of primary amides is 1. The normalized spacial score (nSPS) is 13.4. The van der Waals surface area contributed by atoms with Crippen molar-refractivity contribution in [2.45, 2.75) is 32.1 Å². The lowest BCUT2D eigenvalue weighted by Crippen LogP contribution is -2.31. The molecule has 2 amide bonds. The third-order valence-electron chi connectivity index (χ3n) is 7.23. The molecule has 1 aliphatic rings. The number of piperidine rings is 1. The van der Waals surface area contributed by atoms with Crippen molar-refractivity contribution in [2.24, 2.45) is 5.73 Å².